The number of aliphatic imine (C=N–C) groups is 1. The van der Waals surface area contributed by atoms with E-state index in [9.17, 15) is 9.90 Å². The number of benzene rings is 1. The van der Waals surface area contributed by atoms with Crippen LogP contribution in [0, 0.1) is 0 Å². The van der Waals surface area contributed by atoms with Crippen molar-refractivity contribution in [1.29, 1.82) is 0 Å². The van der Waals surface area contributed by atoms with Crippen LogP contribution in [0.15, 0.2) is 29.3 Å². The molecule has 1 aromatic carbocycles. The number of aliphatic carboxylic acids is 1. The molecule has 0 bridgehead atoms. The van der Waals surface area contributed by atoms with E-state index >= 15 is 0 Å². The van der Waals surface area contributed by atoms with Gasteiger partial charge in [0.15, 0.2) is 5.54 Å². The molecule has 0 saturated heterocycles. The lowest BCUT2D eigenvalue weighted by Gasteiger charge is -2.17. The van der Waals surface area contributed by atoms with Gasteiger partial charge in [-0.1, -0.05) is 30.7 Å². The van der Waals surface area contributed by atoms with Crippen molar-refractivity contribution in [3.05, 3.63) is 34.9 Å². The minimum atomic E-state index is -0.922. The predicted octanol–water partition coefficient (Wildman–Crippen LogP) is 3.16. The SMILES string of the molecule is CCC1(C(=O)O)CCC(c2ccc(Cl)cc2)=N1. The molecule has 0 fully saturated rings. The highest BCUT2D eigenvalue weighted by Gasteiger charge is 2.40. The van der Waals surface area contributed by atoms with Crippen LogP contribution < -0.4 is 0 Å². The lowest BCUT2D eigenvalue weighted by molar-refractivity contribution is -0.143. The highest BCUT2D eigenvalue weighted by Crippen LogP contribution is 2.31. The fourth-order valence-electron chi connectivity index (χ4n) is 2.11. The summed E-state index contributed by atoms with van der Waals surface area (Å²) in [5.41, 5.74) is 0.909. The van der Waals surface area contributed by atoms with Crippen molar-refractivity contribution in [3.63, 3.8) is 0 Å². The van der Waals surface area contributed by atoms with E-state index in [0.29, 0.717) is 24.3 Å². The van der Waals surface area contributed by atoms with Crippen LogP contribution in [0.5, 0.6) is 0 Å². The Morgan fingerprint density at radius 3 is 2.59 bits per heavy atom. The molecular formula is C13H14ClNO2. The summed E-state index contributed by atoms with van der Waals surface area (Å²) in [6, 6.07) is 7.36. The Kier molecular flexibility index (Phi) is 3.20. The van der Waals surface area contributed by atoms with E-state index in [-0.39, 0.29) is 0 Å². The van der Waals surface area contributed by atoms with Crippen molar-refractivity contribution in [1.82, 2.24) is 0 Å². The minimum absolute atomic E-state index is 0.527. The quantitative estimate of drug-likeness (QED) is 0.897. The van der Waals surface area contributed by atoms with Gasteiger partial charge in [0.2, 0.25) is 0 Å². The average molecular weight is 252 g/mol. The zero-order valence-electron chi connectivity index (χ0n) is 9.61. The van der Waals surface area contributed by atoms with Crippen molar-refractivity contribution < 1.29 is 9.90 Å². The van der Waals surface area contributed by atoms with Gasteiger partial charge in [-0.3, -0.25) is 4.99 Å². The van der Waals surface area contributed by atoms with Gasteiger partial charge in [0.05, 0.1) is 0 Å². The summed E-state index contributed by atoms with van der Waals surface area (Å²) in [5, 5.41) is 9.92. The number of rotatable bonds is 3. The van der Waals surface area contributed by atoms with E-state index in [2.05, 4.69) is 4.99 Å². The van der Waals surface area contributed by atoms with Gasteiger partial charge in [0.1, 0.15) is 0 Å². The predicted molar refractivity (Wildman–Crippen MR) is 67.9 cm³/mol. The maximum absolute atomic E-state index is 11.3. The highest BCUT2D eigenvalue weighted by atomic mass is 35.5. The van der Waals surface area contributed by atoms with E-state index in [0.717, 1.165) is 11.3 Å². The van der Waals surface area contributed by atoms with E-state index in [1.165, 1.54) is 0 Å². The number of carbonyl (C=O) groups is 1. The van der Waals surface area contributed by atoms with Crippen molar-refractivity contribution in [2.75, 3.05) is 0 Å². The number of nitrogens with zero attached hydrogens (tertiary/aromatic N) is 1. The Hall–Kier alpha value is -1.35. The molecule has 0 amide bonds. The first-order valence-corrected chi connectivity index (χ1v) is 6.03. The lowest BCUT2D eigenvalue weighted by Crippen LogP contribution is -2.33. The van der Waals surface area contributed by atoms with Crippen LogP contribution in [-0.4, -0.2) is 22.3 Å². The van der Waals surface area contributed by atoms with E-state index in [1.54, 1.807) is 12.1 Å². The highest BCUT2D eigenvalue weighted by molar-refractivity contribution is 6.30. The normalized spacial score (nSPS) is 23.5. The minimum Gasteiger partial charge on any atom is -0.479 e. The van der Waals surface area contributed by atoms with E-state index in [1.807, 2.05) is 19.1 Å². The summed E-state index contributed by atoms with van der Waals surface area (Å²) < 4.78 is 0. The molecule has 1 heterocycles. The van der Waals surface area contributed by atoms with Gasteiger partial charge in [0, 0.05) is 10.7 Å². The second-order valence-electron chi connectivity index (χ2n) is 4.26. The summed E-state index contributed by atoms with van der Waals surface area (Å²) in [7, 11) is 0. The third-order valence-electron chi connectivity index (χ3n) is 3.28. The largest absolute Gasteiger partial charge is 0.479 e. The number of hydrogen-bond acceptors (Lipinski definition) is 2. The smallest absolute Gasteiger partial charge is 0.331 e. The summed E-state index contributed by atoms with van der Waals surface area (Å²) in [6.45, 7) is 1.86. The van der Waals surface area contributed by atoms with Crippen LogP contribution in [0.1, 0.15) is 31.7 Å². The van der Waals surface area contributed by atoms with Crippen molar-refractivity contribution in [2.45, 2.75) is 31.7 Å². The molecule has 0 saturated carbocycles. The Morgan fingerprint density at radius 1 is 1.47 bits per heavy atom. The van der Waals surface area contributed by atoms with Crippen LogP contribution >= 0.6 is 11.6 Å². The fraction of sp³-hybridized carbons (Fsp3) is 0.385. The molecule has 0 spiro atoms. The van der Waals surface area contributed by atoms with E-state index in [4.69, 9.17) is 11.6 Å². The van der Waals surface area contributed by atoms with Gasteiger partial charge in [-0.05, 0) is 37.0 Å². The third kappa shape index (κ3) is 2.20. The van der Waals surface area contributed by atoms with Crippen molar-refractivity contribution in [2.24, 2.45) is 4.99 Å². The van der Waals surface area contributed by atoms with Gasteiger partial charge in [-0.25, -0.2) is 4.79 Å². The maximum atomic E-state index is 11.3. The summed E-state index contributed by atoms with van der Waals surface area (Å²) in [4.78, 5) is 15.7. The molecule has 1 aliphatic heterocycles. The van der Waals surface area contributed by atoms with Crippen LogP contribution in [0.4, 0.5) is 0 Å². The average Bonchev–Trinajstić information content (AvgIpc) is 2.75. The third-order valence-corrected chi connectivity index (χ3v) is 3.54. The van der Waals surface area contributed by atoms with Gasteiger partial charge in [0.25, 0.3) is 0 Å². The van der Waals surface area contributed by atoms with Gasteiger partial charge >= 0.3 is 5.97 Å². The Balaban J connectivity index is 2.33. The molecule has 90 valence electrons. The molecule has 0 aromatic heterocycles. The Bertz CT molecular complexity index is 467. The lowest BCUT2D eigenvalue weighted by atomic mass is 9.94. The zero-order chi connectivity index (χ0) is 12.5. The van der Waals surface area contributed by atoms with Gasteiger partial charge in [-0.15, -0.1) is 0 Å². The number of hydrogen-bond donors (Lipinski definition) is 1. The number of carboxylic acid groups (broad SMARTS) is 1. The summed E-state index contributed by atoms with van der Waals surface area (Å²) >= 11 is 5.82. The Morgan fingerprint density at radius 2 is 2.12 bits per heavy atom. The monoisotopic (exact) mass is 251 g/mol. The summed E-state index contributed by atoms with van der Waals surface area (Å²) in [5.74, 6) is -0.830. The number of halogens is 1. The molecule has 1 aliphatic rings. The topological polar surface area (TPSA) is 49.7 Å². The molecular weight excluding hydrogens is 238 g/mol. The van der Waals surface area contributed by atoms with Gasteiger partial charge in [-0.2, -0.15) is 0 Å². The molecule has 2 rings (SSSR count). The van der Waals surface area contributed by atoms with Crippen molar-refractivity contribution >= 4 is 23.3 Å². The standard InChI is InChI=1S/C13H14ClNO2/c1-2-13(12(16)17)8-7-11(15-13)9-3-5-10(14)6-4-9/h3-6H,2,7-8H2,1H3,(H,16,17). The molecule has 1 aromatic rings. The fourth-order valence-corrected chi connectivity index (χ4v) is 2.23. The first-order chi connectivity index (χ1) is 8.07. The summed E-state index contributed by atoms with van der Waals surface area (Å²) in [6.07, 6.45) is 1.82. The first kappa shape index (κ1) is 12.1. The molecule has 4 heteroatoms. The molecule has 3 nitrogen and oxygen atoms in total. The van der Waals surface area contributed by atoms with Crippen LogP contribution in [-0.2, 0) is 4.79 Å². The second-order valence-corrected chi connectivity index (χ2v) is 4.69. The van der Waals surface area contributed by atoms with Crippen molar-refractivity contribution in [3.8, 4) is 0 Å². The van der Waals surface area contributed by atoms with E-state index < -0.39 is 11.5 Å². The molecule has 0 aliphatic carbocycles. The van der Waals surface area contributed by atoms with Crippen LogP contribution in [0.3, 0.4) is 0 Å². The second kappa shape index (κ2) is 4.49. The zero-order valence-corrected chi connectivity index (χ0v) is 10.4. The maximum Gasteiger partial charge on any atom is 0.331 e. The molecule has 1 atom stereocenters. The molecule has 1 N–H and O–H groups in total. The molecule has 17 heavy (non-hydrogen) atoms. The first-order valence-electron chi connectivity index (χ1n) is 5.65. The van der Waals surface area contributed by atoms with Gasteiger partial charge < -0.3 is 5.11 Å². The molecule has 0 radical (unpaired) electrons. The Labute approximate surface area is 105 Å². The number of carboxylic acids is 1. The molecule has 1 unspecified atom stereocenters. The van der Waals surface area contributed by atoms with Crippen LogP contribution in [0.2, 0.25) is 5.02 Å². The van der Waals surface area contributed by atoms with Crippen LogP contribution in [0.25, 0.3) is 0 Å².